The summed E-state index contributed by atoms with van der Waals surface area (Å²) in [6, 6.07) is 13.4. The van der Waals surface area contributed by atoms with Gasteiger partial charge in [-0.1, -0.05) is 31.2 Å². The molecule has 2 amide bonds. The minimum Gasteiger partial charge on any atom is -0.318 e. The predicted octanol–water partition coefficient (Wildman–Crippen LogP) is 2.60. The fourth-order valence-electron chi connectivity index (χ4n) is 2.71. The Morgan fingerprint density at radius 3 is 2.74 bits per heavy atom. The molecule has 0 aliphatic carbocycles. The lowest BCUT2D eigenvalue weighted by Gasteiger charge is -2.09. The average molecular weight is 366 g/mol. The zero-order chi connectivity index (χ0) is 19.2. The molecule has 3 aromatic rings. The Hall–Kier alpha value is -3.48. The molecule has 0 aliphatic rings. The van der Waals surface area contributed by atoms with Crippen LogP contribution in [0.5, 0.6) is 0 Å². The molecule has 27 heavy (non-hydrogen) atoms. The molecule has 2 N–H and O–H groups in total. The number of fused-ring (bicyclic) bond motifs is 1. The number of carbonyl (C=O) groups is 2. The number of nitrogens with one attached hydrogen (secondary N) is 2. The second-order valence-electron chi connectivity index (χ2n) is 5.88. The molecule has 0 saturated carbocycles. The van der Waals surface area contributed by atoms with Crippen molar-refractivity contribution < 1.29 is 14.0 Å². The van der Waals surface area contributed by atoms with E-state index in [9.17, 15) is 14.0 Å². The van der Waals surface area contributed by atoms with Crippen LogP contribution in [0.15, 0.2) is 54.6 Å². The summed E-state index contributed by atoms with van der Waals surface area (Å²) in [7, 11) is 0. The van der Waals surface area contributed by atoms with Crippen molar-refractivity contribution in [2.24, 2.45) is 0 Å². The molecule has 0 aliphatic heterocycles. The quantitative estimate of drug-likeness (QED) is 0.538. The first-order valence-electron chi connectivity index (χ1n) is 8.53. The van der Waals surface area contributed by atoms with E-state index in [4.69, 9.17) is 0 Å². The summed E-state index contributed by atoms with van der Waals surface area (Å²) >= 11 is 0. The van der Waals surface area contributed by atoms with Crippen LogP contribution in [0, 0.1) is 5.82 Å². The molecule has 7 heteroatoms. The number of benzene rings is 2. The molecule has 0 unspecified atom stereocenters. The summed E-state index contributed by atoms with van der Waals surface area (Å²) in [5.41, 5.74) is 6.92. The number of nitrogens with zero attached hydrogens (tertiary/aromatic N) is 2. The topological polar surface area (TPSA) is 76.0 Å². The summed E-state index contributed by atoms with van der Waals surface area (Å²) in [4.78, 5) is 28.5. The van der Waals surface area contributed by atoms with E-state index in [-0.39, 0.29) is 18.3 Å². The Bertz CT molecular complexity index is 1010. The van der Waals surface area contributed by atoms with Crippen LogP contribution >= 0.6 is 0 Å². The largest absolute Gasteiger partial charge is 0.318 e. The number of imidazole rings is 1. The van der Waals surface area contributed by atoms with E-state index in [0.29, 0.717) is 12.0 Å². The van der Waals surface area contributed by atoms with Gasteiger partial charge in [0.05, 0.1) is 11.0 Å². The van der Waals surface area contributed by atoms with Crippen LogP contribution < -0.4 is 10.9 Å². The van der Waals surface area contributed by atoms with Gasteiger partial charge in [0.25, 0.3) is 11.8 Å². The van der Waals surface area contributed by atoms with Gasteiger partial charge in [-0.2, -0.15) is 0 Å². The fourth-order valence-corrected chi connectivity index (χ4v) is 2.71. The van der Waals surface area contributed by atoms with Crippen molar-refractivity contribution >= 4 is 28.9 Å². The van der Waals surface area contributed by atoms with Crippen molar-refractivity contribution in [1.82, 2.24) is 20.4 Å². The van der Waals surface area contributed by atoms with Gasteiger partial charge in [0, 0.05) is 12.5 Å². The maximum Gasteiger partial charge on any atom is 0.262 e. The van der Waals surface area contributed by atoms with Crippen molar-refractivity contribution in [3.05, 3.63) is 71.8 Å². The Morgan fingerprint density at radius 1 is 1.15 bits per heavy atom. The zero-order valence-electron chi connectivity index (χ0n) is 14.8. The van der Waals surface area contributed by atoms with Gasteiger partial charge < -0.3 is 4.57 Å². The van der Waals surface area contributed by atoms with Gasteiger partial charge in [-0.15, -0.1) is 0 Å². The monoisotopic (exact) mass is 366 g/mol. The summed E-state index contributed by atoms with van der Waals surface area (Å²) < 4.78 is 14.9. The third kappa shape index (κ3) is 4.58. The van der Waals surface area contributed by atoms with Crippen molar-refractivity contribution in [2.75, 3.05) is 0 Å². The normalized spacial score (nSPS) is 11.0. The standard InChI is InChI=1S/C20H19FN4O2/c1-2-18-22-16-8-3-4-9-17(16)25(18)13-20(27)24-23-19(26)11-10-14-6-5-7-15(21)12-14/h3-12H,2,13H2,1H3,(H,23,26)(H,24,27)/b11-10+. The molecule has 0 spiro atoms. The minimum absolute atomic E-state index is 0.0393. The fraction of sp³-hybridized carbons (Fsp3) is 0.150. The molecular weight excluding hydrogens is 347 g/mol. The Morgan fingerprint density at radius 2 is 1.96 bits per heavy atom. The number of carbonyl (C=O) groups excluding carboxylic acids is 2. The highest BCUT2D eigenvalue weighted by molar-refractivity contribution is 5.93. The van der Waals surface area contributed by atoms with Crippen molar-refractivity contribution in [1.29, 1.82) is 0 Å². The lowest BCUT2D eigenvalue weighted by Crippen LogP contribution is -2.42. The van der Waals surface area contributed by atoms with Crippen LogP contribution in [0.25, 0.3) is 17.1 Å². The first-order valence-corrected chi connectivity index (χ1v) is 8.53. The van der Waals surface area contributed by atoms with E-state index in [1.54, 1.807) is 12.1 Å². The van der Waals surface area contributed by atoms with E-state index < -0.39 is 5.91 Å². The van der Waals surface area contributed by atoms with E-state index in [1.807, 2.05) is 35.8 Å². The molecule has 0 fully saturated rings. The number of hydrogen-bond acceptors (Lipinski definition) is 3. The van der Waals surface area contributed by atoms with Gasteiger partial charge >= 0.3 is 0 Å². The molecule has 0 atom stereocenters. The van der Waals surface area contributed by atoms with Crippen LogP contribution in [0.3, 0.4) is 0 Å². The van der Waals surface area contributed by atoms with Gasteiger partial charge in [0.15, 0.2) is 0 Å². The number of hydrogen-bond donors (Lipinski definition) is 2. The van der Waals surface area contributed by atoms with E-state index >= 15 is 0 Å². The van der Waals surface area contributed by atoms with Crippen molar-refractivity contribution in [3.8, 4) is 0 Å². The third-order valence-electron chi connectivity index (χ3n) is 3.95. The highest BCUT2D eigenvalue weighted by Crippen LogP contribution is 2.16. The second-order valence-corrected chi connectivity index (χ2v) is 5.88. The van der Waals surface area contributed by atoms with Crippen LogP contribution in [0.1, 0.15) is 18.3 Å². The molecule has 0 bridgehead atoms. The number of aromatic nitrogens is 2. The van der Waals surface area contributed by atoms with Gasteiger partial charge in [0.2, 0.25) is 0 Å². The summed E-state index contributed by atoms with van der Waals surface area (Å²) in [5, 5.41) is 0. The molecule has 0 radical (unpaired) electrons. The Kier molecular flexibility index (Phi) is 5.61. The molecule has 0 saturated heterocycles. The van der Waals surface area contributed by atoms with Gasteiger partial charge in [0.1, 0.15) is 18.2 Å². The Balaban J connectivity index is 1.59. The smallest absolute Gasteiger partial charge is 0.262 e. The number of aryl methyl sites for hydroxylation is 1. The van der Waals surface area contributed by atoms with Crippen LogP contribution in [0.4, 0.5) is 4.39 Å². The first-order chi connectivity index (χ1) is 13.1. The van der Waals surface area contributed by atoms with E-state index in [0.717, 1.165) is 16.9 Å². The van der Waals surface area contributed by atoms with Crippen LogP contribution in [-0.4, -0.2) is 21.4 Å². The first kappa shape index (κ1) is 18.3. The van der Waals surface area contributed by atoms with Crippen molar-refractivity contribution in [3.63, 3.8) is 0 Å². The number of hydrazine groups is 1. The SMILES string of the molecule is CCc1nc2ccccc2n1CC(=O)NNC(=O)/C=C/c1cccc(F)c1. The van der Waals surface area contributed by atoms with Gasteiger partial charge in [-0.25, -0.2) is 9.37 Å². The molecule has 1 heterocycles. The lowest BCUT2D eigenvalue weighted by atomic mass is 10.2. The molecule has 6 nitrogen and oxygen atoms in total. The van der Waals surface area contributed by atoms with E-state index in [2.05, 4.69) is 15.8 Å². The van der Waals surface area contributed by atoms with Gasteiger partial charge in [-0.05, 0) is 35.9 Å². The number of amides is 2. The molecule has 2 aromatic carbocycles. The number of rotatable bonds is 5. The summed E-state index contributed by atoms with van der Waals surface area (Å²) in [5.74, 6) is -0.479. The van der Waals surface area contributed by atoms with Crippen LogP contribution in [-0.2, 0) is 22.6 Å². The molecule has 3 rings (SSSR count). The molecule has 138 valence electrons. The minimum atomic E-state index is -0.515. The van der Waals surface area contributed by atoms with Crippen molar-refractivity contribution in [2.45, 2.75) is 19.9 Å². The summed E-state index contributed by atoms with van der Waals surface area (Å²) in [6.07, 6.45) is 3.37. The third-order valence-corrected chi connectivity index (χ3v) is 3.95. The van der Waals surface area contributed by atoms with Crippen LogP contribution in [0.2, 0.25) is 0 Å². The number of halogens is 1. The molecular formula is C20H19FN4O2. The van der Waals surface area contributed by atoms with Gasteiger partial charge in [-0.3, -0.25) is 20.4 Å². The second kappa shape index (κ2) is 8.27. The highest BCUT2D eigenvalue weighted by atomic mass is 19.1. The zero-order valence-corrected chi connectivity index (χ0v) is 14.8. The average Bonchev–Trinajstić information content (AvgIpc) is 3.02. The molecule has 1 aromatic heterocycles. The Labute approximate surface area is 155 Å². The maximum absolute atomic E-state index is 13.1. The summed E-state index contributed by atoms with van der Waals surface area (Å²) in [6.45, 7) is 2.01. The maximum atomic E-state index is 13.1. The van der Waals surface area contributed by atoms with E-state index in [1.165, 1.54) is 24.3 Å². The highest BCUT2D eigenvalue weighted by Gasteiger charge is 2.12. The number of para-hydroxylation sites is 2. The lowest BCUT2D eigenvalue weighted by molar-refractivity contribution is -0.127. The predicted molar refractivity (Wildman–Crippen MR) is 101 cm³/mol.